The molecule has 0 atom stereocenters. The maximum Gasteiger partial charge on any atom is 0.168 e. The SMILES string of the molecule is O=Cc1cc(N2CCCC2)c(Cl)cn1. The lowest BCUT2D eigenvalue weighted by molar-refractivity contribution is 0.111. The van der Waals surface area contributed by atoms with Crippen molar-refractivity contribution in [3.8, 4) is 0 Å². The van der Waals surface area contributed by atoms with Crippen LogP contribution in [0.4, 0.5) is 5.69 Å². The van der Waals surface area contributed by atoms with Gasteiger partial charge in [0.25, 0.3) is 0 Å². The van der Waals surface area contributed by atoms with Crippen molar-refractivity contribution in [2.75, 3.05) is 18.0 Å². The number of nitrogens with zero attached hydrogens (tertiary/aromatic N) is 2. The zero-order valence-corrected chi connectivity index (χ0v) is 8.50. The molecule has 0 spiro atoms. The van der Waals surface area contributed by atoms with E-state index in [1.165, 1.54) is 12.8 Å². The van der Waals surface area contributed by atoms with Crippen molar-refractivity contribution < 1.29 is 4.79 Å². The van der Waals surface area contributed by atoms with Crippen LogP contribution in [0.2, 0.25) is 5.02 Å². The van der Waals surface area contributed by atoms with Crippen molar-refractivity contribution in [3.63, 3.8) is 0 Å². The van der Waals surface area contributed by atoms with Crippen LogP contribution in [0.3, 0.4) is 0 Å². The molecule has 0 bridgehead atoms. The van der Waals surface area contributed by atoms with Gasteiger partial charge >= 0.3 is 0 Å². The van der Waals surface area contributed by atoms with E-state index >= 15 is 0 Å². The van der Waals surface area contributed by atoms with Gasteiger partial charge < -0.3 is 4.90 Å². The summed E-state index contributed by atoms with van der Waals surface area (Å²) in [5.41, 5.74) is 1.37. The number of carbonyl (C=O) groups is 1. The summed E-state index contributed by atoms with van der Waals surface area (Å²) in [5, 5.41) is 0.623. The Kier molecular flexibility index (Phi) is 2.68. The van der Waals surface area contributed by atoms with E-state index in [2.05, 4.69) is 9.88 Å². The summed E-state index contributed by atoms with van der Waals surface area (Å²) >= 11 is 6.01. The van der Waals surface area contributed by atoms with Gasteiger partial charge in [-0.25, -0.2) is 0 Å². The number of aromatic nitrogens is 1. The molecule has 2 heterocycles. The molecule has 0 amide bonds. The maximum atomic E-state index is 10.6. The molecule has 1 aromatic heterocycles. The van der Waals surface area contributed by atoms with Gasteiger partial charge in [0.15, 0.2) is 6.29 Å². The maximum absolute atomic E-state index is 10.6. The molecule has 1 aromatic rings. The molecule has 0 radical (unpaired) electrons. The van der Waals surface area contributed by atoms with Crippen molar-refractivity contribution in [1.82, 2.24) is 4.98 Å². The van der Waals surface area contributed by atoms with Crippen molar-refractivity contribution in [1.29, 1.82) is 0 Å². The minimum Gasteiger partial charge on any atom is -0.370 e. The van der Waals surface area contributed by atoms with Crippen LogP contribution in [0.15, 0.2) is 12.3 Å². The van der Waals surface area contributed by atoms with Crippen molar-refractivity contribution in [2.24, 2.45) is 0 Å². The molecular formula is C10H11ClN2O. The van der Waals surface area contributed by atoms with E-state index < -0.39 is 0 Å². The summed E-state index contributed by atoms with van der Waals surface area (Å²) < 4.78 is 0. The first-order chi connectivity index (χ1) is 6.81. The Bertz CT molecular complexity index is 348. The highest BCUT2D eigenvalue weighted by Gasteiger charge is 2.15. The smallest absolute Gasteiger partial charge is 0.168 e. The van der Waals surface area contributed by atoms with Crippen molar-refractivity contribution in [2.45, 2.75) is 12.8 Å². The van der Waals surface area contributed by atoms with Gasteiger partial charge in [-0.2, -0.15) is 0 Å². The first-order valence-corrected chi connectivity index (χ1v) is 5.05. The first-order valence-electron chi connectivity index (χ1n) is 4.67. The average Bonchev–Trinajstić information content (AvgIpc) is 2.71. The number of aldehydes is 1. The molecule has 3 nitrogen and oxygen atoms in total. The third-order valence-corrected chi connectivity index (χ3v) is 2.71. The fourth-order valence-corrected chi connectivity index (χ4v) is 1.93. The van der Waals surface area contributed by atoms with Gasteiger partial charge in [-0.15, -0.1) is 0 Å². The minimum atomic E-state index is 0.441. The number of hydrogen-bond acceptors (Lipinski definition) is 3. The predicted molar refractivity (Wildman–Crippen MR) is 56.1 cm³/mol. The van der Waals surface area contributed by atoms with Gasteiger partial charge in [0.1, 0.15) is 5.69 Å². The van der Waals surface area contributed by atoms with E-state index in [0.29, 0.717) is 10.7 Å². The Morgan fingerprint density at radius 2 is 2.14 bits per heavy atom. The topological polar surface area (TPSA) is 33.2 Å². The van der Waals surface area contributed by atoms with Crippen LogP contribution >= 0.6 is 11.6 Å². The number of hydrogen-bond donors (Lipinski definition) is 0. The van der Waals surface area contributed by atoms with Gasteiger partial charge in [-0.1, -0.05) is 11.6 Å². The van der Waals surface area contributed by atoms with Crippen LogP contribution in [0.25, 0.3) is 0 Å². The molecule has 1 aliphatic heterocycles. The second kappa shape index (κ2) is 3.96. The minimum absolute atomic E-state index is 0.441. The molecule has 1 saturated heterocycles. The van der Waals surface area contributed by atoms with Gasteiger partial charge in [0, 0.05) is 19.3 Å². The zero-order chi connectivity index (χ0) is 9.97. The molecule has 4 heteroatoms. The Morgan fingerprint density at radius 3 is 2.79 bits per heavy atom. The molecule has 0 unspecified atom stereocenters. The van der Waals surface area contributed by atoms with Crippen LogP contribution in [0.1, 0.15) is 23.3 Å². The van der Waals surface area contributed by atoms with Gasteiger partial charge in [0.05, 0.1) is 10.7 Å². The van der Waals surface area contributed by atoms with E-state index in [4.69, 9.17) is 11.6 Å². The van der Waals surface area contributed by atoms with Crippen LogP contribution < -0.4 is 4.90 Å². The van der Waals surface area contributed by atoms with E-state index in [-0.39, 0.29) is 0 Å². The highest BCUT2D eigenvalue weighted by molar-refractivity contribution is 6.33. The standard InChI is InChI=1S/C10H11ClN2O/c11-9-6-12-8(7-14)5-10(9)13-3-1-2-4-13/h5-7H,1-4H2. The molecule has 0 aliphatic carbocycles. The quantitative estimate of drug-likeness (QED) is 0.702. The Labute approximate surface area is 87.7 Å². The molecule has 1 fully saturated rings. The summed E-state index contributed by atoms with van der Waals surface area (Å²) in [7, 11) is 0. The van der Waals surface area contributed by atoms with E-state index in [1.807, 2.05) is 0 Å². The average molecular weight is 211 g/mol. The van der Waals surface area contributed by atoms with Gasteiger partial charge in [-0.05, 0) is 18.9 Å². The number of carbonyl (C=O) groups excluding carboxylic acids is 1. The second-order valence-electron chi connectivity index (χ2n) is 3.37. The van der Waals surface area contributed by atoms with Gasteiger partial charge in [-0.3, -0.25) is 9.78 Å². The lowest BCUT2D eigenvalue weighted by atomic mass is 10.3. The van der Waals surface area contributed by atoms with E-state index in [9.17, 15) is 4.79 Å². The van der Waals surface area contributed by atoms with Crippen molar-refractivity contribution >= 4 is 23.6 Å². The summed E-state index contributed by atoms with van der Waals surface area (Å²) in [4.78, 5) is 16.7. The third-order valence-electron chi connectivity index (χ3n) is 2.42. The monoisotopic (exact) mass is 210 g/mol. The largest absolute Gasteiger partial charge is 0.370 e. The van der Waals surface area contributed by atoms with Crippen LogP contribution in [0.5, 0.6) is 0 Å². The lowest BCUT2D eigenvalue weighted by Crippen LogP contribution is -2.18. The highest BCUT2D eigenvalue weighted by atomic mass is 35.5. The summed E-state index contributed by atoms with van der Waals surface area (Å²) in [5.74, 6) is 0. The van der Waals surface area contributed by atoms with Gasteiger partial charge in [0.2, 0.25) is 0 Å². The van der Waals surface area contributed by atoms with Crippen LogP contribution in [0, 0.1) is 0 Å². The summed E-state index contributed by atoms with van der Waals surface area (Å²) in [6, 6.07) is 1.75. The van der Waals surface area contributed by atoms with Crippen LogP contribution in [-0.2, 0) is 0 Å². The molecule has 74 valence electrons. The van der Waals surface area contributed by atoms with Crippen LogP contribution in [-0.4, -0.2) is 24.4 Å². The van der Waals surface area contributed by atoms with Crippen molar-refractivity contribution in [3.05, 3.63) is 23.0 Å². The fraction of sp³-hybridized carbons (Fsp3) is 0.400. The number of halogens is 1. The lowest BCUT2D eigenvalue weighted by Gasteiger charge is -2.18. The number of rotatable bonds is 2. The number of anilines is 1. The van der Waals surface area contributed by atoms with E-state index in [1.54, 1.807) is 12.3 Å². The number of pyridine rings is 1. The predicted octanol–water partition coefficient (Wildman–Crippen LogP) is 2.15. The molecule has 2 rings (SSSR count). The Hall–Kier alpha value is -1.09. The summed E-state index contributed by atoms with van der Waals surface area (Å²) in [6.07, 6.45) is 4.67. The highest BCUT2D eigenvalue weighted by Crippen LogP contribution is 2.28. The van der Waals surface area contributed by atoms with E-state index in [0.717, 1.165) is 25.1 Å². The Balaban J connectivity index is 2.34. The molecule has 0 saturated carbocycles. The molecule has 14 heavy (non-hydrogen) atoms. The Morgan fingerprint density at radius 1 is 1.43 bits per heavy atom. The second-order valence-corrected chi connectivity index (χ2v) is 3.78. The molecule has 0 N–H and O–H groups in total. The normalized spacial score (nSPS) is 15.9. The summed E-state index contributed by atoms with van der Waals surface area (Å²) in [6.45, 7) is 2.03. The third kappa shape index (κ3) is 1.73. The zero-order valence-electron chi connectivity index (χ0n) is 7.74. The fourth-order valence-electron chi connectivity index (χ4n) is 1.71. The molecule has 1 aliphatic rings. The molecule has 0 aromatic carbocycles. The molecular weight excluding hydrogens is 200 g/mol. The first kappa shape index (κ1) is 9.46.